The first-order valence-corrected chi connectivity index (χ1v) is 12.9. The Labute approximate surface area is 226 Å². The molecule has 0 fully saturated rings. The summed E-state index contributed by atoms with van der Waals surface area (Å²) in [6, 6.07) is 6.42. The van der Waals surface area contributed by atoms with Gasteiger partial charge >= 0.3 is 11.8 Å². The average molecular weight is 550 g/mol. The molecule has 12 heteroatoms. The molecule has 0 saturated heterocycles. The number of carbonyl (C=O) groups is 1. The van der Waals surface area contributed by atoms with Crippen LogP contribution in [0.1, 0.15) is 40.9 Å². The van der Waals surface area contributed by atoms with Crippen molar-refractivity contribution < 1.29 is 14.3 Å². The van der Waals surface area contributed by atoms with Gasteiger partial charge in [0.2, 0.25) is 0 Å². The van der Waals surface area contributed by atoms with Crippen molar-refractivity contribution in [3.8, 4) is 17.2 Å². The molecule has 0 unspecified atom stereocenters. The molecule has 10 nitrogen and oxygen atoms in total. The van der Waals surface area contributed by atoms with E-state index in [1.165, 1.54) is 14.0 Å². The van der Waals surface area contributed by atoms with Crippen LogP contribution in [-0.4, -0.2) is 51.8 Å². The number of aromatic amines is 1. The molecule has 5 aromatic rings. The maximum Gasteiger partial charge on any atom is 0.407 e. The third kappa shape index (κ3) is 3.75. The zero-order chi connectivity index (χ0) is 27.6. The number of imidazole rings is 1. The molecule has 6 rings (SSSR count). The van der Waals surface area contributed by atoms with Gasteiger partial charge in [-0.2, -0.15) is 10.2 Å². The van der Waals surface area contributed by atoms with E-state index >= 15 is 0 Å². The number of hydrogen-bond donors (Lipinski definition) is 2. The Balaban J connectivity index is 1.61. The summed E-state index contributed by atoms with van der Waals surface area (Å²) in [6.45, 7) is 5.41. The number of amides is 1. The lowest BCUT2D eigenvalue weighted by atomic mass is 10.00. The van der Waals surface area contributed by atoms with Crippen molar-refractivity contribution in [2.24, 2.45) is 0 Å². The van der Waals surface area contributed by atoms with E-state index in [2.05, 4.69) is 10.2 Å². The van der Waals surface area contributed by atoms with E-state index in [0.717, 1.165) is 16.5 Å². The highest BCUT2D eigenvalue weighted by Crippen LogP contribution is 2.36. The Morgan fingerprint density at radius 2 is 1.92 bits per heavy atom. The molecule has 3 aromatic heterocycles. The van der Waals surface area contributed by atoms with Crippen LogP contribution >= 0.6 is 11.6 Å². The third-order valence-corrected chi connectivity index (χ3v) is 7.74. The van der Waals surface area contributed by atoms with Crippen LogP contribution in [0.5, 0.6) is 0 Å². The summed E-state index contributed by atoms with van der Waals surface area (Å²) in [6.07, 6.45) is 4.28. The number of hydrogen-bond acceptors (Lipinski definition) is 4. The Morgan fingerprint density at radius 3 is 2.62 bits per heavy atom. The van der Waals surface area contributed by atoms with Crippen LogP contribution < -0.4 is 5.69 Å². The van der Waals surface area contributed by atoms with Crippen molar-refractivity contribution in [3.05, 3.63) is 87.1 Å². The number of benzene rings is 2. The molecule has 0 aliphatic carbocycles. The minimum absolute atomic E-state index is 0.163. The van der Waals surface area contributed by atoms with Crippen molar-refractivity contribution >= 4 is 28.6 Å². The molecule has 2 N–H and O–H groups in total. The number of halogens is 2. The smallest absolute Gasteiger partial charge is 0.407 e. The molecular weight excluding hydrogens is 525 g/mol. The Hall–Kier alpha value is -4.38. The quantitative estimate of drug-likeness (QED) is 0.313. The van der Waals surface area contributed by atoms with Crippen LogP contribution in [0.15, 0.2) is 47.7 Å². The molecule has 1 atom stereocenters. The molecule has 0 spiro atoms. The number of aryl methyl sites for hydroxylation is 2. The summed E-state index contributed by atoms with van der Waals surface area (Å²) in [4.78, 5) is 27.4. The first-order chi connectivity index (χ1) is 18.7. The molecule has 0 radical (unpaired) electrons. The third-order valence-electron chi connectivity index (χ3n) is 7.47. The molecule has 0 bridgehead atoms. The lowest BCUT2D eigenvalue weighted by molar-refractivity contribution is 0.124. The number of aromatic nitrogens is 6. The summed E-state index contributed by atoms with van der Waals surface area (Å²) in [5.41, 5.74) is 4.54. The van der Waals surface area contributed by atoms with Gasteiger partial charge in [-0.05, 0) is 56.2 Å². The van der Waals surface area contributed by atoms with Crippen LogP contribution in [-0.2, 0) is 12.3 Å². The second kappa shape index (κ2) is 9.12. The predicted octanol–water partition coefficient (Wildman–Crippen LogP) is 4.78. The highest BCUT2D eigenvalue weighted by atomic mass is 35.5. The van der Waals surface area contributed by atoms with Crippen LogP contribution in [0.2, 0.25) is 0 Å². The molecule has 2 aromatic carbocycles. The summed E-state index contributed by atoms with van der Waals surface area (Å²) in [7, 11) is 0. The number of rotatable bonds is 4. The molecule has 1 aliphatic rings. The lowest BCUT2D eigenvalue weighted by Crippen LogP contribution is -2.38. The van der Waals surface area contributed by atoms with Crippen molar-refractivity contribution in [1.29, 1.82) is 0 Å². The standard InChI is InChI=1S/C27H25ClFN7O3/c1-14-10-17(11-15(2)24(14)29)36-25(23-16(3)33(27(38)39)7-6-21(23)32-36)35-9-8-34(26(35)37)22-5-4-20-19(13-30-31-20)18(22)12-28/h4-5,8-11,13,16H,6-7,12H2,1-3H3,(H,30,31)(H,38,39)/t16-/m0/s1. The van der Waals surface area contributed by atoms with E-state index in [4.69, 9.17) is 16.7 Å². The van der Waals surface area contributed by atoms with Gasteiger partial charge in [-0.25, -0.2) is 18.7 Å². The van der Waals surface area contributed by atoms with Gasteiger partial charge in [0, 0.05) is 41.9 Å². The maximum atomic E-state index is 14.5. The van der Waals surface area contributed by atoms with Crippen LogP contribution in [0, 0.1) is 19.7 Å². The molecule has 4 heterocycles. The van der Waals surface area contributed by atoms with Crippen molar-refractivity contribution in [3.63, 3.8) is 0 Å². The second-order valence-corrected chi connectivity index (χ2v) is 10.0. The van der Waals surface area contributed by atoms with Gasteiger partial charge in [-0.15, -0.1) is 11.6 Å². The van der Waals surface area contributed by atoms with Gasteiger partial charge in [0.05, 0.1) is 40.7 Å². The topological polar surface area (TPSA) is 114 Å². The average Bonchev–Trinajstić information content (AvgIpc) is 3.63. The molecule has 200 valence electrons. The lowest BCUT2D eigenvalue weighted by Gasteiger charge is -2.31. The summed E-state index contributed by atoms with van der Waals surface area (Å²) >= 11 is 6.31. The molecule has 39 heavy (non-hydrogen) atoms. The molecule has 1 aliphatic heterocycles. The summed E-state index contributed by atoms with van der Waals surface area (Å²) in [5, 5.41) is 22.5. The molecule has 0 saturated carbocycles. The second-order valence-electron chi connectivity index (χ2n) is 9.74. The zero-order valence-electron chi connectivity index (χ0n) is 21.4. The van der Waals surface area contributed by atoms with Gasteiger partial charge < -0.3 is 10.0 Å². The predicted molar refractivity (Wildman–Crippen MR) is 144 cm³/mol. The van der Waals surface area contributed by atoms with Crippen molar-refractivity contribution in [2.45, 2.75) is 39.1 Å². The molecular formula is C27H25ClFN7O3. The summed E-state index contributed by atoms with van der Waals surface area (Å²) < 4.78 is 19.1. The number of H-pyrrole nitrogens is 1. The van der Waals surface area contributed by atoms with Gasteiger partial charge in [0.15, 0.2) is 0 Å². The maximum absolute atomic E-state index is 14.5. The largest absolute Gasteiger partial charge is 0.465 e. The first kappa shape index (κ1) is 24.9. The summed E-state index contributed by atoms with van der Waals surface area (Å²) in [5.74, 6) is 0.263. The number of alkyl halides is 1. The fourth-order valence-corrected chi connectivity index (χ4v) is 5.81. The van der Waals surface area contributed by atoms with E-state index in [-0.39, 0.29) is 23.9 Å². The van der Waals surface area contributed by atoms with Crippen LogP contribution in [0.4, 0.5) is 9.18 Å². The van der Waals surface area contributed by atoms with Gasteiger partial charge in [0.1, 0.15) is 11.6 Å². The Morgan fingerprint density at radius 1 is 1.21 bits per heavy atom. The van der Waals surface area contributed by atoms with Crippen molar-refractivity contribution in [1.82, 2.24) is 34.0 Å². The highest BCUT2D eigenvalue weighted by Gasteiger charge is 2.35. The zero-order valence-corrected chi connectivity index (χ0v) is 22.2. The van der Waals surface area contributed by atoms with Crippen LogP contribution in [0.3, 0.4) is 0 Å². The number of carboxylic acid groups (broad SMARTS) is 1. The SMILES string of the molecule is Cc1cc(-n2nc3c(c2-n2ccn(-c4ccc5[nH]ncc5c4CCl)c2=O)[C@H](C)N(C(=O)O)CC3)cc(C)c1F. The van der Waals surface area contributed by atoms with E-state index in [9.17, 15) is 19.1 Å². The van der Waals surface area contributed by atoms with E-state index in [1.54, 1.807) is 62.2 Å². The Bertz CT molecular complexity index is 1810. The van der Waals surface area contributed by atoms with E-state index < -0.39 is 12.1 Å². The fraction of sp³-hybridized carbons (Fsp3) is 0.259. The monoisotopic (exact) mass is 549 g/mol. The fourth-order valence-electron chi connectivity index (χ4n) is 5.52. The number of fused-ring (bicyclic) bond motifs is 2. The Kier molecular flexibility index (Phi) is 5.83. The van der Waals surface area contributed by atoms with E-state index in [0.29, 0.717) is 46.0 Å². The van der Waals surface area contributed by atoms with E-state index in [1.807, 2.05) is 6.07 Å². The normalized spacial score (nSPS) is 15.2. The van der Waals surface area contributed by atoms with Gasteiger partial charge in [0.25, 0.3) is 0 Å². The minimum atomic E-state index is -1.05. The van der Waals surface area contributed by atoms with Gasteiger partial charge in [-0.1, -0.05) is 0 Å². The molecule has 1 amide bonds. The minimum Gasteiger partial charge on any atom is -0.465 e. The van der Waals surface area contributed by atoms with Gasteiger partial charge in [-0.3, -0.25) is 14.2 Å². The highest BCUT2D eigenvalue weighted by molar-refractivity contribution is 6.18. The van der Waals surface area contributed by atoms with Crippen molar-refractivity contribution in [2.75, 3.05) is 6.54 Å². The van der Waals surface area contributed by atoms with Crippen LogP contribution in [0.25, 0.3) is 28.1 Å². The number of nitrogens with zero attached hydrogens (tertiary/aromatic N) is 6. The number of nitrogens with one attached hydrogen (secondary N) is 1. The first-order valence-electron chi connectivity index (χ1n) is 12.4.